The van der Waals surface area contributed by atoms with E-state index in [1.54, 1.807) is 12.1 Å². The predicted octanol–water partition coefficient (Wildman–Crippen LogP) is 4.77. The smallest absolute Gasteiger partial charge is 0.293 e. The Morgan fingerprint density at radius 2 is 1.87 bits per heavy atom. The fourth-order valence-electron chi connectivity index (χ4n) is 2.23. The van der Waals surface area contributed by atoms with Crippen LogP contribution in [-0.4, -0.2) is 20.1 Å². The van der Waals surface area contributed by atoms with Crippen LogP contribution in [-0.2, 0) is 9.78 Å². The molecule has 0 fully saturated rings. The van der Waals surface area contributed by atoms with E-state index in [1.165, 1.54) is 24.4 Å². The molecule has 0 amide bonds. The van der Waals surface area contributed by atoms with Gasteiger partial charge in [-0.05, 0) is 25.5 Å². The van der Waals surface area contributed by atoms with Crippen molar-refractivity contribution in [3.8, 4) is 0 Å². The standard InChI is InChI=1S/C19H30O3Si/c1-6-8-9-10-11-16(3)21-22-19(20)17-12-14-18(15-13-17)23(4,5)7-2/h7,12-16H,2,6,8-11H2,1,3-5H3. The van der Waals surface area contributed by atoms with Gasteiger partial charge >= 0.3 is 5.97 Å². The molecule has 0 bridgehead atoms. The second-order valence-electron chi connectivity index (χ2n) is 6.63. The normalized spacial score (nSPS) is 12.7. The van der Waals surface area contributed by atoms with Crippen molar-refractivity contribution in [2.75, 3.05) is 0 Å². The van der Waals surface area contributed by atoms with Gasteiger partial charge in [0.1, 0.15) is 14.2 Å². The minimum atomic E-state index is -1.59. The fraction of sp³-hybridized carbons (Fsp3) is 0.526. The molecule has 0 N–H and O–H groups in total. The zero-order chi connectivity index (χ0) is 17.3. The van der Waals surface area contributed by atoms with Crippen LogP contribution in [0, 0.1) is 0 Å². The molecule has 1 unspecified atom stereocenters. The molecule has 128 valence electrons. The first kappa shape index (κ1) is 19.7. The minimum absolute atomic E-state index is 0.0674. The van der Waals surface area contributed by atoms with Gasteiger partial charge in [0.15, 0.2) is 0 Å². The number of carbonyl (C=O) groups excluding carboxylic acids is 1. The Morgan fingerprint density at radius 1 is 1.22 bits per heavy atom. The summed E-state index contributed by atoms with van der Waals surface area (Å²) < 4.78 is 0. The molecule has 0 aromatic heterocycles. The Labute approximate surface area is 141 Å². The Morgan fingerprint density at radius 3 is 2.43 bits per heavy atom. The maximum atomic E-state index is 12.0. The van der Waals surface area contributed by atoms with E-state index >= 15 is 0 Å². The second kappa shape index (κ2) is 9.68. The van der Waals surface area contributed by atoms with Gasteiger partial charge in [-0.1, -0.05) is 68.7 Å². The molecule has 0 aliphatic carbocycles. The largest absolute Gasteiger partial charge is 0.373 e. The van der Waals surface area contributed by atoms with Crippen LogP contribution in [0.15, 0.2) is 36.5 Å². The molecule has 0 aliphatic heterocycles. The Kier molecular flexibility index (Phi) is 8.27. The van der Waals surface area contributed by atoms with Crippen LogP contribution in [0.1, 0.15) is 56.3 Å². The van der Waals surface area contributed by atoms with Gasteiger partial charge in [0.2, 0.25) is 0 Å². The molecule has 0 spiro atoms. The summed E-state index contributed by atoms with van der Waals surface area (Å²) in [7, 11) is -1.59. The zero-order valence-electron chi connectivity index (χ0n) is 14.9. The van der Waals surface area contributed by atoms with Gasteiger partial charge in [0.25, 0.3) is 0 Å². The molecule has 1 aromatic carbocycles. The van der Waals surface area contributed by atoms with Crippen molar-refractivity contribution in [3.63, 3.8) is 0 Å². The van der Waals surface area contributed by atoms with Crippen LogP contribution in [0.25, 0.3) is 0 Å². The summed E-state index contributed by atoms with van der Waals surface area (Å²) in [6.45, 7) is 12.5. The summed E-state index contributed by atoms with van der Waals surface area (Å²) in [4.78, 5) is 22.2. The van der Waals surface area contributed by atoms with Gasteiger partial charge in [-0.2, -0.15) is 4.89 Å². The molecule has 0 radical (unpaired) electrons. The van der Waals surface area contributed by atoms with Crippen molar-refractivity contribution < 1.29 is 14.6 Å². The lowest BCUT2D eigenvalue weighted by Crippen LogP contribution is -2.39. The number of unbranched alkanes of at least 4 members (excludes halogenated alkanes) is 3. The Balaban J connectivity index is 2.44. The summed E-state index contributed by atoms with van der Waals surface area (Å²) in [5, 5.41) is 1.24. The van der Waals surface area contributed by atoms with E-state index < -0.39 is 14.0 Å². The molecule has 0 heterocycles. The van der Waals surface area contributed by atoms with Crippen molar-refractivity contribution >= 4 is 19.2 Å². The van der Waals surface area contributed by atoms with Crippen molar-refractivity contribution in [1.82, 2.24) is 0 Å². The van der Waals surface area contributed by atoms with E-state index in [4.69, 9.17) is 9.78 Å². The second-order valence-corrected chi connectivity index (χ2v) is 11.1. The van der Waals surface area contributed by atoms with Gasteiger partial charge in [0.05, 0.1) is 5.56 Å². The van der Waals surface area contributed by atoms with Crippen molar-refractivity contribution in [2.45, 2.75) is 65.1 Å². The van der Waals surface area contributed by atoms with Crippen molar-refractivity contribution in [1.29, 1.82) is 0 Å². The highest BCUT2D eigenvalue weighted by atomic mass is 28.3. The number of hydrogen-bond acceptors (Lipinski definition) is 3. The first-order valence-corrected chi connectivity index (χ1v) is 11.6. The SMILES string of the molecule is C=C[Si](C)(C)c1ccc(C(=O)OOC(C)CCCCCC)cc1. The molecule has 23 heavy (non-hydrogen) atoms. The third-order valence-electron chi connectivity index (χ3n) is 4.13. The number of carbonyl (C=O) groups is 1. The molecular weight excluding hydrogens is 304 g/mol. The van der Waals surface area contributed by atoms with Gasteiger partial charge < -0.3 is 0 Å². The van der Waals surface area contributed by atoms with Crippen LogP contribution >= 0.6 is 0 Å². The highest BCUT2D eigenvalue weighted by Crippen LogP contribution is 2.10. The Bertz CT molecular complexity index is 494. The van der Waals surface area contributed by atoms with Gasteiger partial charge in [0, 0.05) is 0 Å². The van der Waals surface area contributed by atoms with E-state index in [9.17, 15) is 4.79 Å². The first-order chi connectivity index (χ1) is 10.9. The summed E-state index contributed by atoms with van der Waals surface area (Å²) in [5.74, 6) is -0.435. The molecule has 3 nitrogen and oxygen atoms in total. The van der Waals surface area contributed by atoms with E-state index in [0.29, 0.717) is 5.56 Å². The number of rotatable bonds is 10. The van der Waals surface area contributed by atoms with Gasteiger partial charge in [-0.15, -0.1) is 6.58 Å². The zero-order valence-corrected chi connectivity index (χ0v) is 15.9. The lowest BCUT2D eigenvalue weighted by molar-refractivity contribution is -0.271. The Hall–Kier alpha value is -1.39. The fourth-order valence-corrected chi connectivity index (χ4v) is 3.50. The average molecular weight is 335 g/mol. The highest BCUT2D eigenvalue weighted by molar-refractivity contribution is 6.93. The average Bonchev–Trinajstić information content (AvgIpc) is 2.56. The van der Waals surface area contributed by atoms with Crippen molar-refractivity contribution in [2.24, 2.45) is 0 Å². The summed E-state index contributed by atoms with van der Waals surface area (Å²) >= 11 is 0. The van der Waals surface area contributed by atoms with E-state index in [0.717, 1.165) is 12.8 Å². The van der Waals surface area contributed by atoms with Crippen LogP contribution in [0.4, 0.5) is 0 Å². The van der Waals surface area contributed by atoms with Crippen LogP contribution < -0.4 is 5.19 Å². The molecule has 1 rings (SSSR count). The van der Waals surface area contributed by atoms with Crippen LogP contribution in [0.5, 0.6) is 0 Å². The summed E-state index contributed by atoms with van der Waals surface area (Å²) in [5.41, 5.74) is 2.55. The summed E-state index contributed by atoms with van der Waals surface area (Å²) in [6, 6.07) is 7.56. The molecule has 1 aromatic rings. The highest BCUT2D eigenvalue weighted by Gasteiger charge is 2.19. The molecule has 0 saturated carbocycles. The molecule has 0 saturated heterocycles. The lowest BCUT2D eigenvalue weighted by atomic mass is 10.1. The first-order valence-electron chi connectivity index (χ1n) is 8.52. The number of hydrogen-bond donors (Lipinski definition) is 0. The van der Waals surface area contributed by atoms with E-state index in [1.807, 2.05) is 24.8 Å². The van der Waals surface area contributed by atoms with E-state index in [-0.39, 0.29) is 6.10 Å². The monoisotopic (exact) mass is 334 g/mol. The van der Waals surface area contributed by atoms with Gasteiger partial charge in [-0.3, -0.25) is 4.89 Å². The van der Waals surface area contributed by atoms with Crippen molar-refractivity contribution in [3.05, 3.63) is 42.1 Å². The quantitative estimate of drug-likeness (QED) is 0.267. The summed E-state index contributed by atoms with van der Waals surface area (Å²) in [6.07, 6.45) is 5.59. The maximum absolute atomic E-state index is 12.0. The molecule has 4 heteroatoms. The predicted molar refractivity (Wildman–Crippen MR) is 98.5 cm³/mol. The van der Waals surface area contributed by atoms with Crippen LogP contribution in [0.3, 0.4) is 0 Å². The lowest BCUT2D eigenvalue weighted by Gasteiger charge is -2.17. The maximum Gasteiger partial charge on any atom is 0.373 e. The molecule has 0 aliphatic rings. The minimum Gasteiger partial charge on any atom is -0.293 e. The topological polar surface area (TPSA) is 35.5 Å². The van der Waals surface area contributed by atoms with Gasteiger partial charge in [-0.25, -0.2) is 4.79 Å². The van der Waals surface area contributed by atoms with Crippen LogP contribution in [0.2, 0.25) is 13.1 Å². The molecular formula is C19H30O3Si. The third kappa shape index (κ3) is 6.71. The third-order valence-corrected chi connectivity index (χ3v) is 6.97. The number of benzene rings is 1. The molecule has 1 atom stereocenters. The van der Waals surface area contributed by atoms with E-state index in [2.05, 4.69) is 26.6 Å².